The Morgan fingerprint density at radius 3 is 2.82 bits per heavy atom. The van der Waals surface area contributed by atoms with Crippen LogP contribution in [0.2, 0.25) is 0 Å². The van der Waals surface area contributed by atoms with Gasteiger partial charge in [-0.2, -0.15) is 0 Å². The molecular formula is C11H12N2O4. The number of rotatable bonds is 2. The highest BCUT2D eigenvalue weighted by atomic mass is 16.6. The molecule has 1 unspecified atom stereocenters. The second-order valence-electron chi connectivity index (χ2n) is 3.63. The van der Waals surface area contributed by atoms with Crippen LogP contribution in [0.5, 0.6) is 0 Å². The van der Waals surface area contributed by atoms with Gasteiger partial charge < -0.3 is 14.0 Å². The van der Waals surface area contributed by atoms with Gasteiger partial charge in [-0.15, -0.1) is 0 Å². The molecule has 0 aliphatic carbocycles. The zero-order valence-corrected chi connectivity index (χ0v) is 9.54. The van der Waals surface area contributed by atoms with Crippen molar-refractivity contribution < 1.29 is 19.1 Å². The van der Waals surface area contributed by atoms with Gasteiger partial charge >= 0.3 is 11.9 Å². The molecule has 0 spiro atoms. The first-order valence-corrected chi connectivity index (χ1v) is 5.14. The van der Waals surface area contributed by atoms with Gasteiger partial charge in [-0.1, -0.05) is 0 Å². The highest BCUT2D eigenvalue weighted by Gasteiger charge is 2.29. The van der Waals surface area contributed by atoms with Gasteiger partial charge in [-0.3, -0.25) is 9.59 Å². The van der Waals surface area contributed by atoms with Crippen molar-refractivity contribution in [1.82, 2.24) is 9.55 Å². The summed E-state index contributed by atoms with van der Waals surface area (Å²) in [5.74, 6) is -0.0386. The Hall–Kier alpha value is -2.11. The lowest BCUT2D eigenvalue weighted by molar-refractivity contribution is -0.151. The highest BCUT2D eigenvalue weighted by molar-refractivity contribution is 5.68. The number of fused-ring (bicyclic) bond motifs is 1. The lowest BCUT2D eigenvalue weighted by atomic mass is 10.2. The predicted molar refractivity (Wildman–Crippen MR) is 56.6 cm³/mol. The molecule has 0 aromatic carbocycles. The van der Waals surface area contributed by atoms with E-state index in [-0.39, 0.29) is 0 Å². The Morgan fingerprint density at radius 2 is 2.18 bits per heavy atom. The number of carbonyl (C=O) groups excluding carboxylic acids is 2. The Balaban J connectivity index is 2.30. The maximum atomic E-state index is 11.0. The number of imidazole rings is 1. The third-order valence-corrected chi connectivity index (χ3v) is 2.28. The van der Waals surface area contributed by atoms with Crippen molar-refractivity contribution in [3.63, 3.8) is 0 Å². The zero-order chi connectivity index (χ0) is 12.4. The standard InChI is InChI=1S/C11H12N2O4/c1-7(14)16-9-3-5-13-6-4-12-11(13)10(9)17-8(2)15/h3-4,6,10H,5H2,1-2H3. The van der Waals surface area contributed by atoms with Gasteiger partial charge in [-0.05, 0) is 6.08 Å². The van der Waals surface area contributed by atoms with Crippen LogP contribution in [-0.2, 0) is 25.6 Å². The zero-order valence-electron chi connectivity index (χ0n) is 9.54. The van der Waals surface area contributed by atoms with Crippen molar-refractivity contribution in [2.24, 2.45) is 0 Å². The number of esters is 2. The van der Waals surface area contributed by atoms with Crippen molar-refractivity contribution >= 4 is 11.9 Å². The first-order valence-electron chi connectivity index (χ1n) is 5.14. The molecule has 0 radical (unpaired) electrons. The number of hydrogen-bond acceptors (Lipinski definition) is 5. The SMILES string of the molecule is CC(=O)OC1=CCn2ccnc2C1OC(C)=O. The van der Waals surface area contributed by atoms with Crippen molar-refractivity contribution in [3.8, 4) is 0 Å². The Labute approximate surface area is 97.8 Å². The molecule has 2 rings (SSSR count). The van der Waals surface area contributed by atoms with Crippen LogP contribution in [0.15, 0.2) is 24.2 Å². The lowest BCUT2D eigenvalue weighted by Gasteiger charge is -2.23. The van der Waals surface area contributed by atoms with E-state index in [0.717, 1.165) is 0 Å². The topological polar surface area (TPSA) is 70.4 Å². The van der Waals surface area contributed by atoms with Gasteiger partial charge in [0.15, 0.2) is 11.6 Å². The van der Waals surface area contributed by atoms with Gasteiger partial charge in [0, 0.05) is 32.8 Å². The monoisotopic (exact) mass is 236 g/mol. The van der Waals surface area contributed by atoms with Crippen LogP contribution in [0.3, 0.4) is 0 Å². The van der Waals surface area contributed by atoms with Crippen molar-refractivity contribution in [2.45, 2.75) is 26.5 Å². The van der Waals surface area contributed by atoms with E-state index in [1.165, 1.54) is 13.8 Å². The average Bonchev–Trinajstić information content (AvgIpc) is 2.68. The second kappa shape index (κ2) is 4.40. The highest BCUT2D eigenvalue weighted by Crippen LogP contribution is 2.29. The van der Waals surface area contributed by atoms with Gasteiger partial charge in [0.1, 0.15) is 0 Å². The van der Waals surface area contributed by atoms with Crippen LogP contribution in [0, 0.1) is 0 Å². The molecule has 6 heteroatoms. The molecule has 0 N–H and O–H groups in total. The maximum absolute atomic E-state index is 11.0. The molecule has 0 saturated carbocycles. The van der Waals surface area contributed by atoms with E-state index < -0.39 is 18.0 Å². The number of nitrogens with zero attached hydrogens (tertiary/aromatic N) is 2. The van der Waals surface area contributed by atoms with E-state index in [4.69, 9.17) is 9.47 Å². The minimum Gasteiger partial charge on any atom is -0.446 e. The molecule has 1 aliphatic rings. The molecule has 2 heterocycles. The molecule has 90 valence electrons. The lowest BCUT2D eigenvalue weighted by Crippen LogP contribution is -2.22. The van der Waals surface area contributed by atoms with Gasteiger partial charge in [0.2, 0.25) is 6.10 Å². The quantitative estimate of drug-likeness (QED) is 0.715. The number of aromatic nitrogens is 2. The Morgan fingerprint density at radius 1 is 1.41 bits per heavy atom. The summed E-state index contributed by atoms with van der Waals surface area (Å²) in [5, 5.41) is 0. The predicted octanol–water partition coefficient (Wildman–Crippen LogP) is 0.948. The molecule has 6 nitrogen and oxygen atoms in total. The number of hydrogen-bond donors (Lipinski definition) is 0. The summed E-state index contributed by atoms with van der Waals surface area (Å²) < 4.78 is 12.0. The summed E-state index contributed by atoms with van der Waals surface area (Å²) in [6, 6.07) is 0. The fourth-order valence-electron chi connectivity index (χ4n) is 1.67. The summed E-state index contributed by atoms with van der Waals surface area (Å²) in [5.41, 5.74) is 0. The summed E-state index contributed by atoms with van der Waals surface area (Å²) in [4.78, 5) is 26.1. The smallest absolute Gasteiger partial charge is 0.307 e. The number of carbonyl (C=O) groups is 2. The molecule has 0 bridgehead atoms. The first kappa shape index (κ1) is 11.4. The molecule has 1 aromatic rings. The molecule has 0 amide bonds. The normalized spacial score (nSPS) is 18.0. The molecule has 0 saturated heterocycles. The molecule has 1 atom stereocenters. The Kier molecular flexibility index (Phi) is 2.95. The van der Waals surface area contributed by atoms with Crippen LogP contribution in [0.1, 0.15) is 25.8 Å². The van der Waals surface area contributed by atoms with Crippen molar-refractivity contribution in [2.75, 3.05) is 0 Å². The van der Waals surface area contributed by atoms with E-state index in [1.807, 2.05) is 4.57 Å². The van der Waals surface area contributed by atoms with E-state index in [0.29, 0.717) is 18.1 Å². The number of allylic oxidation sites excluding steroid dienone is 1. The van der Waals surface area contributed by atoms with Crippen LogP contribution in [-0.4, -0.2) is 21.5 Å². The molecule has 0 fully saturated rings. The van der Waals surface area contributed by atoms with Crippen molar-refractivity contribution in [3.05, 3.63) is 30.1 Å². The third-order valence-electron chi connectivity index (χ3n) is 2.28. The summed E-state index contributed by atoms with van der Waals surface area (Å²) >= 11 is 0. The average molecular weight is 236 g/mol. The molecular weight excluding hydrogens is 224 g/mol. The summed E-state index contributed by atoms with van der Waals surface area (Å²) in [7, 11) is 0. The number of ether oxygens (including phenoxy) is 2. The van der Waals surface area contributed by atoms with E-state index >= 15 is 0 Å². The van der Waals surface area contributed by atoms with Crippen LogP contribution >= 0.6 is 0 Å². The van der Waals surface area contributed by atoms with E-state index in [9.17, 15) is 9.59 Å². The Bertz CT molecular complexity index is 489. The fourth-order valence-corrected chi connectivity index (χ4v) is 1.67. The third kappa shape index (κ3) is 2.35. The summed E-state index contributed by atoms with van der Waals surface area (Å²) in [6.07, 6.45) is 4.33. The molecule has 1 aromatic heterocycles. The fraction of sp³-hybridized carbons (Fsp3) is 0.364. The van der Waals surface area contributed by atoms with Crippen LogP contribution in [0.25, 0.3) is 0 Å². The van der Waals surface area contributed by atoms with E-state index in [1.54, 1.807) is 18.5 Å². The van der Waals surface area contributed by atoms with E-state index in [2.05, 4.69) is 4.98 Å². The molecule has 1 aliphatic heterocycles. The van der Waals surface area contributed by atoms with Crippen molar-refractivity contribution in [1.29, 1.82) is 0 Å². The summed E-state index contributed by atoms with van der Waals surface area (Å²) in [6.45, 7) is 3.13. The largest absolute Gasteiger partial charge is 0.446 e. The van der Waals surface area contributed by atoms with Gasteiger partial charge in [-0.25, -0.2) is 4.98 Å². The minimum atomic E-state index is -0.750. The first-order chi connectivity index (χ1) is 8.08. The van der Waals surface area contributed by atoms with Gasteiger partial charge in [0.05, 0.1) is 0 Å². The maximum Gasteiger partial charge on any atom is 0.307 e. The minimum absolute atomic E-state index is 0.311. The van der Waals surface area contributed by atoms with Crippen LogP contribution < -0.4 is 0 Å². The van der Waals surface area contributed by atoms with Gasteiger partial charge in [0.25, 0.3) is 0 Å². The second-order valence-corrected chi connectivity index (χ2v) is 3.63. The molecule has 17 heavy (non-hydrogen) atoms. The van der Waals surface area contributed by atoms with Crippen LogP contribution in [0.4, 0.5) is 0 Å².